The Balaban J connectivity index is 3.90. The molecule has 0 heterocycles. The predicted molar refractivity (Wildman–Crippen MR) is 114 cm³/mol. The Morgan fingerprint density at radius 1 is 0.794 bits per heavy atom. The lowest BCUT2D eigenvalue weighted by molar-refractivity contribution is -0.158. The molecule has 2 atom stereocenters. The number of phosphoric acid groups is 1. The van der Waals surface area contributed by atoms with Crippen LogP contribution < -0.4 is 10.6 Å². The number of carbonyl (C=O) groups is 4. The number of carbonyl (C=O) groups excluding carboxylic acids is 4. The summed E-state index contributed by atoms with van der Waals surface area (Å²) in [5, 5.41) is 4.76. The topological polar surface area (TPSA) is 194 Å². The molecule has 0 aromatic carbocycles. The lowest BCUT2D eigenvalue weighted by Gasteiger charge is -2.18. The van der Waals surface area contributed by atoms with Gasteiger partial charge in [-0.15, -0.1) is 0 Å². The standard InChI is InChI=1S/C18H33N2O13P/c1-13(2)32-18(24)20-5-7-27-9-10-28-17(23)19-6-8-30-34(25,26)31-12-16(33-15(4)22)11-29-14(3)21/h13,16H,5-12H2,1-4H3,(H,19,23)(H,20,24)(H,25,26)/t16-/m1/s1. The van der Waals surface area contributed by atoms with Crippen LogP contribution in [0, 0.1) is 0 Å². The van der Waals surface area contributed by atoms with Crippen molar-refractivity contribution in [1.82, 2.24) is 10.6 Å². The minimum Gasteiger partial charge on any atom is -0.462 e. The molecule has 3 N–H and O–H groups in total. The maximum atomic E-state index is 11.8. The van der Waals surface area contributed by atoms with Crippen molar-refractivity contribution in [3.8, 4) is 0 Å². The third-order valence-corrected chi connectivity index (χ3v) is 4.16. The molecule has 0 radical (unpaired) electrons. The number of esters is 2. The smallest absolute Gasteiger partial charge is 0.462 e. The van der Waals surface area contributed by atoms with Gasteiger partial charge in [0.25, 0.3) is 0 Å². The van der Waals surface area contributed by atoms with Crippen molar-refractivity contribution in [2.75, 3.05) is 52.7 Å². The van der Waals surface area contributed by atoms with E-state index in [1.54, 1.807) is 13.8 Å². The lowest BCUT2D eigenvalue weighted by atomic mass is 10.4. The molecule has 0 aliphatic rings. The molecule has 0 spiro atoms. The summed E-state index contributed by atoms with van der Waals surface area (Å²) in [6.07, 6.45) is -2.70. The van der Waals surface area contributed by atoms with E-state index in [1.165, 1.54) is 0 Å². The Morgan fingerprint density at radius 3 is 2.06 bits per heavy atom. The summed E-state index contributed by atoms with van der Waals surface area (Å²) in [5.41, 5.74) is 0. The van der Waals surface area contributed by atoms with Crippen molar-refractivity contribution in [2.24, 2.45) is 0 Å². The van der Waals surface area contributed by atoms with E-state index >= 15 is 0 Å². The van der Waals surface area contributed by atoms with Crippen LogP contribution in [0.15, 0.2) is 0 Å². The fourth-order valence-corrected chi connectivity index (χ4v) is 2.67. The zero-order chi connectivity index (χ0) is 26.0. The van der Waals surface area contributed by atoms with E-state index in [9.17, 15) is 28.6 Å². The van der Waals surface area contributed by atoms with Crippen molar-refractivity contribution in [2.45, 2.75) is 39.9 Å². The van der Waals surface area contributed by atoms with Gasteiger partial charge in [-0.25, -0.2) is 14.2 Å². The highest BCUT2D eigenvalue weighted by Gasteiger charge is 2.25. The highest BCUT2D eigenvalue weighted by atomic mass is 31.2. The molecule has 0 aromatic rings. The Hall–Kier alpha value is -2.45. The molecule has 0 fully saturated rings. The van der Waals surface area contributed by atoms with Gasteiger partial charge in [-0.05, 0) is 13.8 Å². The van der Waals surface area contributed by atoms with Gasteiger partial charge in [-0.3, -0.25) is 18.6 Å². The summed E-state index contributed by atoms with van der Waals surface area (Å²) in [5.74, 6) is -1.34. The van der Waals surface area contributed by atoms with Crippen LogP contribution in [0.1, 0.15) is 27.7 Å². The number of rotatable bonds is 17. The first-order valence-corrected chi connectivity index (χ1v) is 11.8. The van der Waals surface area contributed by atoms with E-state index in [-0.39, 0.29) is 52.2 Å². The summed E-state index contributed by atoms with van der Waals surface area (Å²) in [6.45, 7) is 4.64. The molecule has 0 aromatic heterocycles. The maximum Gasteiger partial charge on any atom is 0.472 e. The fourth-order valence-electron chi connectivity index (χ4n) is 1.92. The first-order chi connectivity index (χ1) is 15.9. The minimum atomic E-state index is -4.53. The third kappa shape index (κ3) is 20.2. The number of alkyl carbamates (subject to hydrolysis) is 2. The van der Waals surface area contributed by atoms with Crippen LogP contribution in [0.3, 0.4) is 0 Å². The molecular weight excluding hydrogens is 483 g/mol. The van der Waals surface area contributed by atoms with Gasteiger partial charge in [0.15, 0.2) is 6.10 Å². The summed E-state index contributed by atoms with van der Waals surface area (Å²) < 4.78 is 45.6. The van der Waals surface area contributed by atoms with Gasteiger partial charge in [0, 0.05) is 26.9 Å². The van der Waals surface area contributed by atoms with Crippen LogP contribution >= 0.6 is 7.82 Å². The van der Waals surface area contributed by atoms with Crippen LogP contribution in [0.25, 0.3) is 0 Å². The number of ether oxygens (including phenoxy) is 5. The number of hydrogen-bond acceptors (Lipinski definition) is 12. The molecule has 0 aliphatic heterocycles. The molecule has 0 aliphatic carbocycles. The summed E-state index contributed by atoms with van der Waals surface area (Å²) in [7, 11) is -4.53. The molecule has 34 heavy (non-hydrogen) atoms. The van der Waals surface area contributed by atoms with E-state index in [4.69, 9.17) is 23.5 Å². The maximum absolute atomic E-state index is 11.8. The van der Waals surface area contributed by atoms with E-state index in [1.807, 2.05) is 0 Å². The first kappa shape index (κ1) is 31.6. The van der Waals surface area contributed by atoms with Crippen molar-refractivity contribution in [3.63, 3.8) is 0 Å². The van der Waals surface area contributed by atoms with Gasteiger partial charge >= 0.3 is 31.9 Å². The molecule has 15 nitrogen and oxygen atoms in total. The van der Waals surface area contributed by atoms with E-state index in [0.29, 0.717) is 0 Å². The highest BCUT2D eigenvalue weighted by Crippen LogP contribution is 2.43. The molecule has 2 amide bonds. The van der Waals surface area contributed by atoms with Crippen LogP contribution in [-0.2, 0) is 46.9 Å². The van der Waals surface area contributed by atoms with Crippen LogP contribution in [-0.4, -0.2) is 94.0 Å². The summed E-state index contributed by atoms with van der Waals surface area (Å²) in [4.78, 5) is 54.2. The molecule has 0 saturated carbocycles. The second kappa shape index (κ2) is 18.0. The SMILES string of the molecule is CC(=O)OC[C@H](COP(=O)(O)OCCNC(=O)OCCOCCNC(=O)OC(C)C)OC(C)=O. The van der Waals surface area contributed by atoms with Crippen LogP contribution in [0.4, 0.5) is 9.59 Å². The second-order valence-corrected chi connectivity index (χ2v) is 8.14. The zero-order valence-corrected chi connectivity index (χ0v) is 20.5. The molecule has 0 saturated heterocycles. The van der Waals surface area contributed by atoms with Crippen molar-refractivity contribution < 1.29 is 61.4 Å². The van der Waals surface area contributed by atoms with E-state index in [0.717, 1.165) is 13.8 Å². The third-order valence-electron chi connectivity index (χ3n) is 3.17. The highest BCUT2D eigenvalue weighted by molar-refractivity contribution is 7.47. The van der Waals surface area contributed by atoms with Gasteiger partial charge in [0.1, 0.15) is 13.2 Å². The average molecular weight is 516 g/mol. The van der Waals surface area contributed by atoms with Gasteiger partial charge in [-0.1, -0.05) is 0 Å². The summed E-state index contributed by atoms with van der Waals surface area (Å²) >= 11 is 0. The van der Waals surface area contributed by atoms with Gasteiger partial charge in [0.2, 0.25) is 0 Å². The molecule has 0 bridgehead atoms. The molecule has 198 valence electrons. The van der Waals surface area contributed by atoms with Crippen LogP contribution in [0.2, 0.25) is 0 Å². The molecule has 16 heteroatoms. The van der Waals surface area contributed by atoms with Crippen molar-refractivity contribution >= 4 is 31.9 Å². The Morgan fingerprint density at radius 2 is 1.44 bits per heavy atom. The number of hydrogen-bond donors (Lipinski definition) is 3. The Bertz CT molecular complexity index is 689. The molecule has 0 rings (SSSR count). The van der Waals surface area contributed by atoms with Crippen molar-refractivity contribution in [1.29, 1.82) is 0 Å². The summed E-state index contributed by atoms with van der Waals surface area (Å²) in [6, 6.07) is 0. The van der Waals surface area contributed by atoms with Crippen LogP contribution in [0.5, 0.6) is 0 Å². The van der Waals surface area contributed by atoms with E-state index in [2.05, 4.69) is 19.9 Å². The largest absolute Gasteiger partial charge is 0.472 e. The van der Waals surface area contributed by atoms with Crippen molar-refractivity contribution in [3.05, 3.63) is 0 Å². The van der Waals surface area contributed by atoms with Gasteiger partial charge < -0.3 is 39.2 Å². The first-order valence-electron chi connectivity index (χ1n) is 10.3. The van der Waals surface area contributed by atoms with Gasteiger partial charge in [0.05, 0.1) is 32.5 Å². The monoisotopic (exact) mass is 516 g/mol. The average Bonchev–Trinajstić information content (AvgIpc) is 2.71. The second-order valence-electron chi connectivity index (χ2n) is 6.69. The predicted octanol–water partition coefficient (Wildman–Crippen LogP) is 0.492. The quantitative estimate of drug-likeness (QED) is 0.105. The number of phosphoric ester groups is 1. The van der Waals surface area contributed by atoms with E-state index < -0.39 is 44.7 Å². The normalized spacial score (nSPS) is 13.4. The van der Waals surface area contributed by atoms with Gasteiger partial charge in [-0.2, -0.15) is 0 Å². The minimum absolute atomic E-state index is 0.0649. The Kier molecular flexibility index (Phi) is 16.7. The fraction of sp³-hybridized carbons (Fsp3) is 0.778. The number of nitrogens with one attached hydrogen (secondary N) is 2. The zero-order valence-electron chi connectivity index (χ0n) is 19.6. The molecular formula is C18H33N2O13P. The number of amides is 2. The Labute approximate surface area is 197 Å². The lowest BCUT2D eigenvalue weighted by Crippen LogP contribution is -2.31. The molecule has 1 unspecified atom stereocenters.